The van der Waals surface area contributed by atoms with Crippen LogP contribution in [-0.2, 0) is 9.47 Å². The highest BCUT2D eigenvalue weighted by molar-refractivity contribution is 4.94. The SMILES string of the molecule is OCCN1CCN(C2CCOC3(CCOC3)C2)CC1. The summed E-state index contributed by atoms with van der Waals surface area (Å²) >= 11 is 0. The molecule has 0 aliphatic carbocycles. The molecule has 2 unspecified atom stereocenters. The van der Waals surface area contributed by atoms with Gasteiger partial charge in [-0.25, -0.2) is 0 Å². The Morgan fingerprint density at radius 1 is 1.16 bits per heavy atom. The number of rotatable bonds is 3. The van der Waals surface area contributed by atoms with E-state index in [4.69, 9.17) is 14.6 Å². The van der Waals surface area contributed by atoms with Gasteiger partial charge in [0.25, 0.3) is 0 Å². The van der Waals surface area contributed by atoms with Gasteiger partial charge in [-0.05, 0) is 12.8 Å². The third-order valence-corrected chi connectivity index (χ3v) is 4.87. The van der Waals surface area contributed by atoms with Crippen LogP contribution in [0.3, 0.4) is 0 Å². The summed E-state index contributed by atoms with van der Waals surface area (Å²) in [6.45, 7) is 8.04. The van der Waals surface area contributed by atoms with Gasteiger partial charge in [-0.1, -0.05) is 0 Å². The van der Waals surface area contributed by atoms with Crippen molar-refractivity contribution in [2.45, 2.75) is 30.9 Å². The average molecular weight is 270 g/mol. The molecule has 5 heteroatoms. The molecule has 0 aromatic rings. The van der Waals surface area contributed by atoms with Crippen LogP contribution in [0, 0.1) is 0 Å². The first-order valence-corrected chi connectivity index (χ1v) is 7.60. The molecular weight excluding hydrogens is 244 g/mol. The smallest absolute Gasteiger partial charge is 0.0951 e. The van der Waals surface area contributed by atoms with E-state index in [2.05, 4.69) is 9.80 Å². The molecule has 3 fully saturated rings. The van der Waals surface area contributed by atoms with Crippen molar-refractivity contribution in [1.82, 2.24) is 9.80 Å². The summed E-state index contributed by atoms with van der Waals surface area (Å²) < 4.78 is 11.6. The number of β-amino-alcohol motifs (C(OH)–C–C–N with tert-alkyl or cyclic N) is 1. The molecule has 0 bridgehead atoms. The van der Waals surface area contributed by atoms with Crippen LogP contribution in [-0.4, -0.2) is 85.7 Å². The van der Waals surface area contributed by atoms with Crippen molar-refractivity contribution in [1.29, 1.82) is 0 Å². The molecule has 3 aliphatic heterocycles. The standard InChI is InChI=1S/C14H26N2O3/c17-8-7-15-3-5-16(6-4-15)13-1-9-19-14(11-13)2-10-18-12-14/h13,17H,1-12H2. The van der Waals surface area contributed by atoms with Gasteiger partial charge in [0, 0.05) is 58.4 Å². The predicted molar refractivity (Wildman–Crippen MR) is 72.2 cm³/mol. The van der Waals surface area contributed by atoms with Crippen LogP contribution in [0.4, 0.5) is 0 Å². The molecule has 1 N–H and O–H groups in total. The fourth-order valence-electron chi connectivity index (χ4n) is 3.67. The largest absolute Gasteiger partial charge is 0.395 e. The van der Waals surface area contributed by atoms with Crippen molar-refractivity contribution < 1.29 is 14.6 Å². The van der Waals surface area contributed by atoms with E-state index >= 15 is 0 Å². The Labute approximate surface area is 115 Å². The lowest BCUT2D eigenvalue weighted by molar-refractivity contribution is -0.110. The first kappa shape index (κ1) is 13.8. The maximum atomic E-state index is 8.99. The highest BCUT2D eigenvalue weighted by Gasteiger charge is 2.42. The van der Waals surface area contributed by atoms with E-state index < -0.39 is 0 Å². The van der Waals surface area contributed by atoms with Crippen LogP contribution in [0.15, 0.2) is 0 Å². The third-order valence-electron chi connectivity index (χ3n) is 4.87. The second-order valence-electron chi connectivity index (χ2n) is 6.08. The molecule has 5 nitrogen and oxygen atoms in total. The summed E-state index contributed by atoms with van der Waals surface area (Å²) in [5.41, 5.74) is 0.0190. The first-order chi connectivity index (χ1) is 9.31. The Hall–Kier alpha value is -0.200. The average Bonchev–Trinajstić information content (AvgIpc) is 2.88. The molecule has 3 saturated heterocycles. The fraction of sp³-hybridized carbons (Fsp3) is 1.00. The Kier molecular flexibility index (Phi) is 4.39. The van der Waals surface area contributed by atoms with Crippen molar-refractivity contribution in [2.24, 2.45) is 0 Å². The van der Waals surface area contributed by atoms with Gasteiger partial charge in [-0.3, -0.25) is 9.80 Å². The van der Waals surface area contributed by atoms with Crippen molar-refractivity contribution in [3.63, 3.8) is 0 Å². The monoisotopic (exact) mass is 270 g/mol. The zero-order valence-corrected chi connectivity index (χ0v) is 11.7. The van der Waals surface area contributed by atoms with Gasteiger partial charge < -0.3 is 14.6 Å². The Bertz CT molecular complexity index is 286. The number of piperazine rings is 1. The molecule has 19 heavy (non-hydrogen) atoms. The Morgan fingerprint density at radius 3 is 2.68 bits per heavy atom. The molecule has 0 saturated carbocycles. The van der Waals surface area contributed by atoms with Crippen LogP contribution in [0.1, 0.15) is 19.3 Å². The molecule has 3 heterocycles. The molecular formula is C14H26N2O3. The normalized spacial score (nSPS) is 38.1. The number of hydrogen-bond acceptors (Lipinski definition) is 5. The molecule has 0 aromatic heterocycles. The molecule has 0 radical (unpaired) electrons. The summed E-state index contributed by atoms with van der Waals surface area (Å²) in [7, 11) is 0. The number of hydrogen-bond donors (Lipinski definition) is 1. The van der Waals surface area contributed by atoms with E-state index in [-0.39, 0.29) is 12.2 Å². The maximum Gasteiger partial charge on any atom is 0.0951 e. The fourth-order valence-corrected chi connectivity index (χ4v) is 3.67. The molecule has 2 atom stereocenters. The lowest BCUT2D eigenvalue weighted by Gasteiger charge is -2.45. The highest BCUT2D eigenvalue weighted by atomic mass is 16.6. The summed E-state index contributed by atoms with van der Waals surface area (Å²) in [5.74, 6) is 0. The van der Waals surface area contributed by atoms with E-state index in [9.17, 15) is 0 Å². The number of aliphatic hydroxyl groups excluding tert-OH is 1. The van der Waals surface area contributed by atoms with Gasteiger partial charge in [-0.15, -0.1) is 0 Å². The van der Waals surface area contributed by atoms with Gasteiger partial charge in [-0.2, -0.15) is 0 Å². The minimum Gasteiger partial charge on any atom is -0.395 e. The molecule has 0 aromatic carbocycles. The highest BCUT2D eigenvalue weighted by Crippen LogP contribution is 2.34. The minimum atomic E-state index is 0.0190. The van der Waals surface area contributed by atoms with Crippen molar-refractivity contribution in [3.05, 3.63) is 0 Å². The summed E-state index contributed by atoms with van der Waals surface area (Å²) in [5, 5.41) is 8.99. The predicted octanol–water partition coefficient (Wildman–Crippen LogP) is -0.0656. The molecule has 3 rings (SSSR count). The quantitative estimate of drug-likeness (QED) is 0.778. The van der Waals surface area contributed by atoms with E-state index in [1.165, 1.54) is 0 Å². The Balaban J connectivity index is 1.52. The maximum absolute atomic E-state index is 8.99. The van der Waals surface area contributed by atoms with Crippen molar-refractivity contribution in [2.75, 3.05) is 59.2 Å². The zero-order valence-electron chi connectivity index (χ0n) is 11.7. The Morgan fingerprint density at radius 2 is 2.00 bits per heavy atom. The van der Waals surface area contributed by atoms with Gasteiger partial charge in [0.15, 0.2) is 0 Å². The van der Waals surface area contributed by atoms with Crippen molar-refractivity contribution in [3.8, 4) is 0 Å². The number of ether oxygens (including phenoxy) is 2. The lowest BCUT2D eigenvalue weighted by Crippen LogP contribution is -2.55. The van der Waals surface area contributed by atoms with Crippen LogP contribution in [0.25, 0.3) is 0 Å². The van der Waals surface area contributed by atoms with Gasteiger partial charge in [0.1, 0.15) is 0 Å². The van der Waals surface area contributed by atoms with Gasteiger partial charge in [0.05, 0.1) is 18.8 Å². The van der Waals surface area contributed by atoms with Crippen LogP contribution >= 0.6 is 0 Å². The second kappa shape index (κ2) is 6.06. The lowest BCUT2D eigenvalue weighted by atomic mass is 9.88. The van der Waals surface area contributed by atoms with Gasteiger partial charge in [0.2, 0.25) is 0 Å². The summed E-state index contributed by atoms with van der Waals surface area (Å²) in [6.07, 6.45) is 3.35. The molecule has 110 valence electrons. The van der Waals surface area contributed by atoms with E-state index in [0.717, 1.165) is 71.8 Å². The number of nitrogens with zero attached hydrogens (tertiary/aromatic N) is 2. The number of aliphatic hydroxyl groups is 1. The van der Waals surface area contributed by atoms with Crippen LogP contribution in [0.5, 0.6) is 0 Å². The van der Waals surface area contributed by atoms with E-state index in [0.29, 0.717) is 6.04 Å². The third kappa shape index (κ3) is 3.11. The molecule has 3 aliphatic rings. The van der Waals surface area contributed by atoms with E-state index in [1.54, 1.807) is 0 Å². The van der Waals surface area contributed by atoms with Crippen molar-refractivity contribution >= 4 is 0 Å². The minimum absolute atomic E-state index is 0.0190. The topological polar surface area (TPSA) is 45.2 Å². The molecule has 1 spiro atoms. The summed E-state index contributed by atoms with van der Waals surface area (Å²) in [6, 6.07) is 0.659. The van der Waals surface area contributed by atoms with Crippen LogP contribution < -0.4 is 0 Å². The molecule has 0 amide bonds. The van der Waals surface area contributed by atoms with Gasteiger partial charge >= 0.3 is 0 Å². The second-order valence-corrected chi connectivity index (χ2v) is 6.08. The zero-order chi connectivity index (χ0) is 13.1. The summed E-state index contributed by atoms with van der Waals surface area (Å²) in [4.78, 5) is 4.97. The van der Waals surface area contributed by atoms with Crippen LogP contribution in [0.2, 0.25) is 0 Å². The first-order valence-electron chi connectivity index (χ1n) is 7.60. The van der Waals surface area contributed by atoms with E-state index in [1.807, 2.05) is 0 Å².